The molecule has 1 atom stereocenters. The first kappa shape index (κ1) is 20.1. The Morgan fingerprint density at radius 3 is 2.47 bits per heavy atom. The Balaban J connectivity index is 1.61. The molecular formula is C25H24F2N2O. The summed E-state index contributed by atoms with van der Waals surface area (Å²) >= 11 is 0. The molecule has 0 radical (unpaired) electrons. The molecule has 1 aliphatic carbocycles. The van der Waals surface area contributed by atoms with Crippen LogP contribution >= 0.6 is 0 Å². The van der Waals surface area contributed by atoms with Crippen molar-refractivity contribution in [1.29, 1.82) is 0 Å². The highest BCUT2D eigenvalue weighted by atomic mass is 19.1. The van der Waals surface area contributed by atoms with Crippen LogP contribution in [0, 0.1) is 11.6 Å². The van der Waals surface area contributed by atoms with Crippen LogP contribution in [0.5, 0.6) is 0 Å². The zero-order valence-corrected chi connectivity index (χ0v) is 16.7. The number of nitrogens with zero attached hydrogens (tertiary/aromatic N) is 1. The lowest BCUT2D eigenvalue weighted by Gasteiger charge is -2.32. The average Bonchev–Trinajstić information content (AvgIpc) is 2.97. The Labute approximate surface area is 175 Å². The van der Waals surface area contributed by atoms with E-state index in [4.69, 9.17) is 0 Å². The van der Waals surface area contributed by atoms with Crippen LogP contribution in [-0.2, 0) is 19.4 Å². The minimum Gasteiger partial charge on any atom is -0.317 e. The van der Waals surface area contributed by atoms with E-state index in [1.165, 1.54) is 17.2 Å². The van der Waals surface area contributed by atoms with Gasteiger partial charge in [-0.3, -0.25) is 0 Å². The Morgan fingerprint density at radius 2 is 1.70 bits per heavy atom. The molecule has 3 aromatic carbocycles. The van der Waals surface area contributed by atoms with E-state index in [9.17, 15) is 13.6 Å². The van der Waals surface area contributed by atoms with E-state index in [2.05, 4.69) is 17.4 Å². The molecule has 1 aliphatic rings. The van der Waals surface area contributed by atoms with Gasteiger partial charge in [-0.2, -0.15) is 0 Å². The van der Waals surface area contributed by atoms with Gasteiger partial charge in [0.2, 0.25) is 0 Å². The molecule has 154 valence electrons. The third-order valence-corrected chi connectivity index (χ3v) is 5.63. The Bertz CT molecular complexity index is 1020. The molecular weight excluding hydrogens is 382 g/mol. The minimum atomic E-state index is -0.783. The van der Waals surface area contributed by atoms with Crippen LogP contribution in [0.4, 0.5) is 19.3 Å². The van der Waals surface area contributed by atoms with Crippen molar-refractivity contribution in [3.63, 3.8) is 0 Å². The van der Waals surface area contributed by atoms with Crippen molar-refractivity contribution in [2.45, 2.75) is 38.3 Å². The maximum Gasteiger partial charge on any atom is 0.322 e. The van der Waals surface area contributed by atoms with Gasteiger partial charge in [-0.05, 0) is 54.5 Å². The smallest absolute Gasteiger partial charge is 0.317 e. The number of fused-ring (bicyclic) bond motifs is 1. The van der Waals surface area contributed by atoms with Gasteiger partial charge in [-0.15, -0.1) is 0 Å². The van der Waals surface area contributed by atoms with Gasteiger partial charge in [0.25, 0.3) is 0 Å². The zero-order valence-electron chi connectivity index (χ0n) is 16.7. The zero-order chi connectivity index (χ0) is 20.9. The number of urea groups is 1. The molecule has 0 heterocycles. The third-order valence-electron chi connectivity index (χ3n) is 5.63. The van der Waals surface area contributed by atoms with E-state index in [-0.39, 0.29) is 17.8 Å². The highest BCUT2D eigenvalue weighted by Crippen LogP contribution is 2.26. The number of carbonyl (C=O) groups is 1. The van der Waals surface area contributed by atoms with Crippen LogP contribution in [0.15, 0.2) is 72.8 Å². The number of amides is 2. The lowest BCUT2D eigenvalue weighted by molar-refractivity contribution is 0.178. The van der Waals surface area contributed by atoms with Crippen LogP contribution < -0.4 is 5.32 Å². The van der Waals surface area contributed by atoms with Gasteiger partial charge in [-0.1, -0.05) is 54.6 Å². The van der Waals surface area contributed by atoms with E-state index < -0.39 is 11.6 Å². The van der Waals surface area contributed by atoms with Crippen molar-refractivity contribution in [2.75, 3.05) is 5.32 Å². The van der Waals surface area contributed by atoms with Gasteiger partial charge in [0.05, 0.1) is 5.69 Å². The summed E-state index contributed by atoms with van der Waals surface area (Å²) in [4.78, 5) is 15.0. The van der Waals surface area contributed by atoms with Crippen molar-refractivity contribution >= 4 is 11.7 Å². The lowest BCUT2D eigenvalue weighted by atomic mass is 10.0. The molecule has 4 rings (SSSR count). The van der Waals surface area contributed by atoms with Crippen molar-refractivity contribution < 1.29 is 13.6 Å². The molecule has 0 saturated heterocycles. The summed E-state index contributed by atoms with van der Waals surface area (Å²) in [5.41, 5.74) is 3.56. The molecule has 3 nitrogen and oxygen atoms in total. The maximum atomic E-state index is 14.1. The van der Waals surface area contributed by atoms with Crippen LogP contribution in [-0.4, -0.2) is 17.0 Å². The van der Waals surface area contributed by atoms with Gasteiger partial charge in [-0.25, -0.2) is 13.6 Å². The first-order valence-corrected chi connectivity index (χ1v) is 10.2. The predicted octanol–water partition coefficient (Wildman–Crippen LogP) is 5.95. The summed E-state index contributed by atoms with van der Waals surface area (Å²) in [6.45, 7) is 0.419. The molecule has 0 fully saturated rings. The average molecular weight is 406 g/mol. The molecule has 30 heavy (non-hydrogen) atoms. The number of hydrogen-bond donors (Lipinski definition) is 1. The standard InChI is InChI=1S/C25H24F2N2O/c26-21-13-14-24(23(27)16-21)28-25(30)29(17-18-7-2-1-3-8-18)22-12-6-11-19-9-4-5-10-20(19)15-22/h1-5,7-10,13-14,16,22H,6,11-12,15,17H2,(H,28,30). The van der Waals surface area contributed by atoms with Crippen LogP contribution in [0.2, 0.25) is 0 Å². The lowest BCUT2D eigenvalue weighted by Crippen LogP contribution is -2.43. The number of benzene rings is 3. The number of halogens is 2. The van der Waals surface area contributed by atoms with E-state index in [0.717, 1.165) is 43.4 Å². The highest BCUT2D eigenvalue weighted by molar-refractivity contribution is 5.89. The fourth-order valence-corrected chi connectivity index (χ4v) is 4.08. The van der Waals surface area contributed by atoms with Gasteiger partial charge in [0.1, 0.15) is 11.6 Å². The first-order valence-electron chi connectivity index (χ1n) is 10.2. The number of anilines is 1. The van der Waals surface area contributed by atoms with Crippen LogP contribution in [0.25, 0.3) is 0 Å². The maximum absolute atomic E-state index is 14.1. The molecule has 0 aliphatic heterocycles. The molecule has 5 heteroatoms. The quantitative estimate of drug-likeness (QED) is 0.534. The summed E-state index contributed by atoms with van der Waals surface area (Å²) in [5.74, 6) is -1.46. The highest BCUT2D eigenvalue weighted by Gasteiger charge is 2.27. The van der Waals surface area contributed by atoms with Crippen molar-refractivity contribution in [3.8, 4) is 0 Å². The second-order valence-corrected chi connectivity index (χ2v) is 7.69. The van der Waals surface area contributed by atoms with Crippen LogP contribution in [0.1, 0.15) is 29.5 Å². The number of carbonyl (C=O) groups excluding carboxylic acids is 1. The molecule has 1 N–H and O–H groups in total. The summed E-state index contributed by atoms with van der Waals surface area (Å²) in [6.07, 6.45) is 3.58. The van der Waals surface area contributed by atoms with Gasteiger partial charge in [0, 0.05) is 18.7 Å². The first-order chi connectivity index (χ1) is 14.6. The SMILES string of the molecule is O=C(Nc1ccc(F)cc1F)N(Cc1ccccc1)C1CCCc2ccccc2C1. The minimum absolute atomic E-state index is 0.0163. The summed E-state index contributed by atoms with van der Waals surface area (Å²) < 4.78 is 27.4. The van der Waals surface area contributed by atoms with Crippen LogP contribution in [0.3, 0.4) is 0 Å². The largest absolute Gasteiger partial charge is 0.322 e. The molecule has 1 unspecified atom stereocenters. The second kappa shape index (κ2) is 9.08. The van der Waals surface area contributed by atoms with E-state index in [1.807, 2.05) is 42.5 Å². The number of nitrogens with one attached hydrogen (secondary N) is 1. The summed E-state index contributed by atoms with van der Waals surface area (Å²) in [6, 6.07) is 20.9. The van der Waals surface area contributed by atoms with E-state index >= 15 is 0 Å². The van der Waals surface area contributed by atoms with Gasteiger partial charge < -0.3 is 10.2 Å². The molecule has 0 saturated carbocycles. The predicted molar refractivity (Wildman–Crippen MR) is 114 cm³/mol. The van der Waals surface area contributed by atoms with E-state index in [1.54, 1.807) is 4.90 Å². The summed E-state index contributed by atoms with van der Waals surface area (Å²) in [5, 5.41) is 2.64. The fourth-order valence-electron chi connectivity index (χ4n) is 4.08. The molecule has 2 amide bonds. The van der Waals surface area contributed by atoms with Crippen molar-refractivity contribution in [3.05, 3.63) is 101 Å². The molecule has 3 aromatic rings. The van der Waals surface area contributed by atoms with Crippen molar-refractivity contribution in [2.24, 2.45) is 0 Å². The van der Waals surface area contributed by atoms with Crippen molar-refractivity contribution in [1.82, 2.24) is 4.90 Å². The molecule has 0 spiro atoms. The Morgan fingerprint density at radius 1 is 0.967 bits per heavy atom. The Kier molecular flexibility index (Phi) is 6.07. The third kappa shape index (κ3) is 4.67. The normalized spacial score (nSPS) is 15.7. The summed E-state index contributed by atoms with van der Waals surface area (Å²) in [7, 11) is 0. The number of rotatable bonds is 4. The Hall–Kier alpha value is -3.21. The van der Waals surface area contributed by atoms with Gasteiger partial charge in [0.15, 0.2) is 0 Å². The van der Waals surface area contributed by atoms with Gasteiger partial charge >= 0.3 is 6.03 Å². The second-order valence-electron chi connectivity index (χ2n) is 7.69. The monoisotopic (exact) mass is 406 g/mol. The molecule has 0 aromatic heterocycles. The number of aryl methyl sites for hydroxylation is 1. The topological polar surface area (TPSA) is 32.3 Å². The number of hydrogen-bond acceptors (Lipinski definition) is 1. The fraction of sp³-hybridized carbons (Fsp3) is 0.240. The van der Waals surface area contributed by atoms with E-state index in [0.29, 0.717) is 6.54 Å². The molecule has 0 bridgehead atoms.